The first kappa shape index (κ1) is 30.2. The largest absolute Gasteiger partial charge is 0.490 e. The number of piperidine rings is 1. The number of halogens is 6. The van der Waals surface area contributed by atoms with Crippen LogP contribution in [0.25, 0.3) is 0 Å². The second-order valence-corrected chi connectivity index (χ2v) is 8.62. The Labute approximate surface area is 209 Å². The summed E-state index contributed by atoms with van der Waals surface area (Å²) in [5.74, 6) is -3.77. The monoisotopic (exact) mass is 541 g/mol. The first-order valence-electron chi connectivity index (χ1n) is 11.4. The predicted molar refractivity (Wildman–Crippen MR) is 122 cm³/mol. The number of carboxylic acid groups (broad SMARTS) is 2. The van der Waals surface area contributed by atoms with Gasteiger partial charge < -0.3 is 20.4 Å². The summed E-state index contributed by atoms with van der Waals surface area (Å²) in [6.07, 6.45) is -7.47. The third-order valence-electron chi connectivity index (χ3n) is 5.98. The lowest BCUT2D eigenvalue weighted by molar-refractivity contribution is -0.192. The molecule has 15 heteroatoms. The van der Waals surface area contributed by atoms with Crippen molar-refractivity contribution in [2.24, 2.45) is 0 Å². The van der Waals surface area contributed by atoms with E-state index in [0.717, 1.165) is 57.8 Å². The summed E-state index contributed by atoms with van der Waals surface area (Å²) in [5.41, 5.74) is 1.42. The Bertz CT molecular complexity index is 910. The summed E-state index contributed by atoms with van der Waals surface area (Å²) < 4.78 is 68.6. The van der Waals surface area contributed by atoms with Gasteiger partial charge in [-0.2, -0.15) is 26.3 Å². The highest BCUT2D eigenvalue weighted by atomic mass is 19.4. The van der Waals surface area contributed by atoms with E-state index < -0.39 is 30.8 Å². The Morgan fingerprint density at radius 2 is 1.43 bits per heavy atom. The molecule has 3 rings (SSSR count). The fraction of sp³-hybridized carbons (Fsp3) is 0.591. The Hall–Kier alpha value is -3.07. The molecular weight excluding hydrogens is 512 g/mol. The number of carboxylic acids is 2. The fourth-order valence-electron chi connectivity index (χ4n) is 4.11. The number of benzene rings is 1. The average molecular weight is 541 g/mol. The number of alkyl halides is 6. The van der Waals surface area contributed by atoms with Gasteiger partial charge in [-0.15, -0.1) is 0 Å². The summed E-state index contributed by atoms with van der Waals surface area (Å²) in [7, 11) is 0. The van der Waals surface area contributed by atoms with E-state index in [2.05, 4.69) is 15.1 Å². The maximum absolute atomic E-state index is 12.3. The number of amidine groups is 1. The summed E-state index contributed by atoms with van der Waals surface area (Å²) in [6.45, 7) is 4.09. The molecule has 0 aliphatic carbocycles. The van der Waals surface area contributed by atoms with Gasteiger partial charge in [0.25, 0.3) is 0 Å². The van der Waals surface area contributed by atoms with Crippen LogP contribution in [0.1, 0.15) is 18.4 Å². The van der Waals surface area contributed by atoms with Crippen molar-refractivity contribution in [3.05, 3.63) is 29.8 Å². The minimum atomic E-state index is -5.08. The van der Waals surface area contributed by atoms with Gasteiger partial charge in [0.1, 0.15) is 12.4 Å². The van der Waals surface area contributed by atoms with Crippen LogP contribution < -0.4 is 10.2 Å². The number of aliphatic carboxylic acids is 2. The van der Waals surface area contributed by atoms with Crippen molar-refractivity contribution in [3.8, 4) is 0 Å². The number of nitrogens with zero attached hydrogens (tertiary/aromatic N) is 3. The van der Waals surface area contributed by atoms with Gasteiger partial charge in [-0.1, -0.05) is 0 Å². The minimum absolute atomic E-state index is 0.111. The van der Waals surface area contributed by atoms with Gasteiger partial charge in [0.2, 0.25) is 0 Å². The predicted octanol–water partition coefficient (Wildman–Crippen LogP) is 2.47. The molecule has 208 valence electrons. The van der Waals surface area contributed by atoms with E-state index in [1.54, 1.807) is 12.1 Å². The zero-order valence-corrected chi connectivity index (χ0v) is 19.8. The number of rotatable bonds is 6. The van der Waals surface area contributed by atoms with Gasteiger partial charge >= 0.3 is 24.3 Å². The Morgan fingerprint density at radius 1 is 0.919 bits per heavy atom. The SMILES string of the molecule is N=C(NCC(F)(F)F)c1ccc(N2CCN(C3CCN(CC(=O)O)CC3)CC2)cc1.O=C(O)C(F)(F)F. The van der Waals surface area contributed by atoms with Crippen molar-refractivity contribution >= 4 is 23.5 Å². The van der Waals surface area contributed by atoms with E-state index in [-0.39, 0.29) is 12.4 Å². The van der Waals surface area contributed by atoms with Crippen LogP contribution in [0.4, 0.5) is 32.0 Å². The highest BCUT2D eigenvalue weighted by Gasteiger charge is 2.38. The molecule has 1 aromatic carbocycles. The highest BCUT2D eigenvalue weighted by Crippen LogP contribution is 2.22. The second-order valence-electron chi connectivity index (χ2n) is 8.62. The summed E-state index contributed by atoms with van der Waals surface area (Å²) in [5, 5.41) is 25.9. The maximum atomic E-state index is 12.3. The molecule has 37 heavy (non-hydrogen) atoms. The molecule has 1 aromatic rings. The van der Waals surface area contributed by atoms with Crippen molar-refractivity contribution in [1.82, 2.24) is 15.1 Å². The van der Waals surface area contributed by atoms with Crippen LogP contribution in [-0.4, -0.2) is 109 Å². The average Bonchev–Trinajstić information content (AvgIpc) is 2.82. The normalized spacial score (nSPS) is 18.1. The molecule has 0 unspecified atom stereocenters. The molecule has 0 atom stereocenters. The number of nitrogens with one attached hydrogen (secondary N) is 2. The molecule has 0 bridgehead atoms. The van der Waals surface area contributed by atoms with E-state index >= 15 is 0 Å². The van der Waals surface area contributed by atoms with E-state index in [1.807, 2.05) is 17.0 Å². The quantitative estimate of drug-likeness (QED) is 0.246. The van der Waals surface area contributed by atoms with Gasteiger partial charge in [0.05, 0.1) is 6.54 Å². The number of hydrogen-bond donors (Lipinski definition) is 4. The van der Waals surface area contributed by atoms with E-state index in [9.17, 15) is 31.1 Å². The first-order chi connectivity index (χ1) is 17.2. The van der Waals surface area contributed by atoms with Crippen molar-refractivity contribution in [2.45, 2.75) is 31.2 Å². The van der Waals surface area contributed by atoms with Crippen molar-refractivity contribution in [1.29, 1.82) is 5.41 Å². The smallest absolute Gasteiger partial charge is 0.480 e. The van der Waals surface area contributed by atoms with Gasteiger partial charge in [-0.3, -0.25) is 20.0 Å². The molecule has 9 nitrogen and oxygen atoms in total. The first-order valence-corrected chi connectivity index (χ1v) is 11.4. The van der Waals surface area contributed by atoms with E-state index in [4.69, 9.17) is 20.4 Å². The highest BCUT2D eigenvalue weighted by molar-refractivity contribution is 5.96. The van der Waals surface area contributed by atoms with E-state index in [0.29, 0.717) is 11.6 Å². The van der Waals surface area contributed by atoms with E-state index in [1.165, 1.54) is 0 Å². The third kappa shape index (κ3) is 10.4. The van der Waals surface area contributed by atoms with Crippen LogP contribution in [0, 0.1) is 5.41 Å². The lowest BCUT2D eigenvalue weighted by atomic mass is 10.0. The van der Waals surface area contributed by atoms with Crippen molar-refractivity contribution in [3.63, 3.8) is 0 Å². The van der Waals surface area contributed by atoms with Crippen LogP contribution >= 0.6 is 0 Å². The molecule has 0 saturated carbocycles. The zero-order valence-electron chi connectivity index (χ0n) is 19.8. The summed E-state index contributed by atoms with van der Waals surface area (Å²) >= 11 is 0. The van der Waals surface area contributed by atoms with Crippen LogP contribution in [0.2, 0.25) is 0 Å². The summed E-state index contributed by atoms with van der Waals surface area (Å²) in [4.78, 5) is 26.4. The molecule has 2 aliphatic heterocycles. The molecule has 0 spiro atoms. The number of carbonyl (C=O) groups is 2. The molecular formula is C22H29F6N5O4. The van der Waals surface area contributed by atoms with Crippen LogP contribution in [0.15, 0.2) is 24.3 Å². The summed E-state index contributed by atoms with van der Waals surface area (Å²) in [6, 6.07) is 7.52. The third-order valence-corrected chi connectivity index (χ3v) is 5.98. The number of likely N-dealkylation sites (tertiary alicyclic amines) is 1. The Morgan fingerprint density at radius 3 is 1.86 bits per heavy atom. The minimum Gasteiger partial charge on any atom is -0.480 e. The topological polar surface area (TPSA) is 120 Å². The molecule has 0 radical (unpaired) electrons. The number of anilines is 1. The Balaban J connectivity index is 0.000000604. The molecule has 2 saturated heterocycles. The van der Waals surface area contributed by atoms with Gasteiger partial charge in [-0.05, 0) is 37.1 Å². The van der Waals surface area contributed by atoms with Gasteiger partial charge in [-0.25, -0.2) is 4.79 Å². The number of hydrogen-bond acceptors (Lipinski definition) is 6. The van der Waals surface area contributed by atoms with Gasteiger partial charge in [0.15, 0.2) is 0 Å². The Kier molecular flexibility index (Phi) is 10.5. The lowest BCUT2D eigenvalue weighted by Crippen LogP contribution is -2.53. The van der Waals surface area contributed by atoms with Crippen molar-refractivity contribution < 1.29 is 46.1 Å². The number of piperazine rings is 1. The zero-order chi connectivity index (χ0) is 27.8. The maximum Gasteiger partial charge on any atom is 0.490 e. The standard InChI is InChI=1S/C20H28F3N5O2.C2HF3O2/c21-20(22,23)14-25-19(24)15-1-3-16(4-2-15)27-9-11-28(12-10-27)17-5-7-26(8-6-17)13-18(29)30;3-2(4,5)1(6)7/h1-4,17H,5-14H2,(H2,24,25)(H,29,30);(H,6,7). The van der Waals surface area contributed by atoms with Crippen LogP contribution in [0.5, 0.6) is 0 Å². The fourth-order valence-corrected chi connectivity index (χ4v) is 4.11. The van der Waals surface area contributed by atoms with Crippen LogP contribution in [-0.2, 0) is 9.59 Å². The molecule has 0 amide bonds. The molecule has 2 heterocycles. The molecule has 0 aromatic heterocycles. The second kappa shape index (κ2) is 12.9. The van der Waals surface area contributed by atoms with Crippen LogP contribution in [0.3, 0.4) is 0 Å². The molecule has 2 fully saturated rings. The molecule has 4 N–H and O–H groups in total. The van der Waals surface area contributed by atoms with Crippen molar-refractivity contribution in [2.75, 3.05) is 57.3 Å². The van der Waals surface area contributed by atoms with Gasteiger partial charge in [0, 0.05) is 56.6 Å². The lowest BCUT2D eigenvalue weighted by Gasteiger charge is -2.43. The molecule has 2 aliphatic rings.